The summed E-state index contributed by atoms with van der Waals surface area (Å²) < 4.78 is 9.88. The molecule has 0 amide bonds. The van der Waals surface area contributed by atoms with E-state index in [0.29, 0.717) is 0 Å². The van der Waals surface area contributed by atoms with Crippen molar-refractivity contribution in [2.75, 3.05) is 0 Å². The second-order valence-corrected chi connectivity index (χ2v) is 10.8. The molecule has 0 saturated heterocycles. The molecule has 0 N–H and O–H groups in total. The van der Waals surface area contributed by atoms with Gasteiger partial charge in [0.2, 0.25) is 0 Å². The zero-order chi connectivity index (χ0) is 25.5. The summed E-state index contributed by atoms with van der Waals surface area (Å²) in [6, 6.07) is 39.9. The van der Waals surface area contributed by atoms with Gasteiger partial charge >= 0.3 is 0 Å². The van der Waals surface area contributed by atoms with Gasteiger partial charge in [0.25, 0.3) is 0 Å². The van der Waals surface area contributed by atoms with Gasteiger partial charge in [0.1, 0.15) is 16.0 Å². The van der Waals surface area contributed by atoms with Crippen molar-refractivity contribution in [2.24, 2.45) is 0 Å². The highest BCUT2D eigenvalue weighted by Gasteiger charge is 2.23. The summed E-state index contributed by atoms with van der Waals surface area (Å²) in [5.41, 5.74) is 4.97. The monoisotopic (exact) mass is 517 g/mol. The van der Waals surface area contributed by atoms with Gasteiger partial charge < -0.3 is 4.42 Å². The Labute approximate surface area is 226 Å². The minimum atomic E-state index is 0.722. The van der Waals surface area contributed by atoms with Crippen LogP contribution in [0.25, 0.3) is 81.3 Å². The minimum absolute atomic E-state index is 0.722. The standard InChI is InChI=1S/C34H19N3OS/c1-2-10-20(11-3-1)32-35-33(30-24-14-6-9-17-28(24)39-34(30)36-32)37-25-15-7-4-12-21(25)22-18-19-27-29(31(22)37)23-13-5-8-16-26(23)38-27/h1-19H. The van der Waals surface area contributed by atoms with Crippen molar-refractivity contribution < 1.29 is 4.42 Å². The number of furan rings is 1. The predicted octanol–water partition coefficient (Wildman–Crippen LogP) is 9.51. The number of aromatic nitrogens is 3. The van der Waals surface area contributed by atoms with Crippen molar-refractivity contribution in [3.05, 3.63) is 115 Å². The molecule has 0 aliphatic heterocycles. The number of benzene rings is 5. The molecule has 0 aliphatic carbocycles. The van der Waals surface area contributed by atoms with E-state index in [-0.39, 0.29) is 0 Å². The van der Waals surface area contributed by atoms with Crippen LogP contribution < -0.4 is 0 Å². The van der Waals surface area contributed by atoms with Gasteiger partial charge in [0.15, 0.2) is 11.6 Å². The van der Waals surface area contributed by atoms with Crippen molar-refractivity contribution in [1.82, 2.24) is 14.5 Å². The molecule has 0 unspecified atom stereocenters. The molecule has 5 aromatic carbocycles. The lowest BCUT2D eigenvalue weighted by molar-refractivity contribution is 0.669. The van der Waals surface area contributed by atoms with Crippen molar-refractivity contribution >= 4 is 75.4 Å². The van der Waals surface area contributed by atoms with E-state index in [1.165, 1.54) is 20.9 Å². The fourth-order valence-corrected chi connectivity index (χ4v) is 7.04. The number of hydrogen-bond donors (Lipinski definition) is 0. The molecule has 4 aromatic heterocycles. The number of para-hydroxylation sites is 2. The van der Waals surface area contributed by atoms with Crippen LogP contribution >= 0.6 is 11.3 Å². The van der Waals surface area contributed by atoms with E-state index >= 15 is 0 Å². The summed E-state index contributed by atoms with van der Waals surface area (Å²) in [7, 11) is 0. The van der Waals surface area contributed by atoms with Crippen LogP contribution in [0.4, 0.5) is 0 Å². The van der Waals surface area contributed by atoms with Crippen LogP contribution in [0.1, 0.15) is 0 Å². The van der Waals surface area contributed by atoms with Gasteiger partial charge in [0.05, 0.1) is 21.8 Å². The van der Waals surface area contributed by atoms with E-state index in [2.05, 4.69) is 89.5 Å². The van der Waals surface area contributed by atoms with Gasteiger partial charge in [-0.25, -0.2) is 9.97 Å². The van der Waals surface area contributed by atoms with Gasteiger partial charge in [-0.2, -0.15) is 0 Å². The first-order valence-corrected chi connectivity index (χ1v) is 13.8. The molecule has 0 saturated carbocycles. The Balaban J connectivity index is 1.55. The van der Waals surface area contributed by atoms with Crippen LogP contribution in [-0.4, -0.2) is 14.5 Å². The van der Waals surface area contributed by atoms with E-state index in [4.69, 9.17) is 14.4 Å². The second kappa shape index (κ2) is 7.76. The number of nitrogens with zero attached hydrogens (tertiary/aromatic N) is 3. The zero-order valence-electron chi connectivity index (χ0n) is 20.6. The van der Waals surface area contributed by atoms with Gasteiger partial charge in [-0.05, 0) is 30.3 Å². The molecule has 0 atom stereocenters. The predicted molar refractivity (Wildman–Crippen MR) is 162 cm³/mol. The van der Waals surface area contributed by atoms with E-state index in [0.717, 1.165) is 60.4 Å². The third kappa shape index (κ3) is 2.88. The summed E-state index contributed by atoms with van der Waals surface area (Å²) in [6.45, 7) is 0. The van der Waals surface area contributed by atoms with Crippen molar-refractivity contribution in [1.29, 1.82) is 0 Å². The third-order valence-corrected chi connectivity index (χ3v) is 8.70. The third-order valence-electron chi connectivity index (χ3n) is 7.64. The molecule has 0 bridgehead atoms. The Kier molecular flexibility index (Phi) is 4.18. The lowest BCUT2D eigenvalue weighted by Crippen LogP contribution is -2.02. The van der Waals surface area contributed by atoms with E-state index in [9.17, 15) is 0 Å². The van der Waals surface area contributed by atoms with Crippen LogP contribution in [0.5, 0.6) is 0 Å². The first kappa shape index (κ1) is 21.0. The molecule has 0 radical (unpaired) electrons. The number of thiophene rings is 1. The normalized spacial score (nSPS) is 12.1. The Hall–Kier alpha value is -5.00. The molecule has 0 fully saturated rings. The molecule has 0 aliphatic rings. The Morgan fingerprint density at radius 2 is 1.31 bits per heavy atom. The van der Waals surface area contributed by atoms with Crippen LogP contribution in [0.3, 0.4) is 0 Å². The highest BCUT2D eigenvalue weighted by molar-refractivity contribution is 7.25. The Morgan fingerprint density at radius 1 is 0.564 bits per heavy atom. The van der Waals surface area contributed by atoms with Gasteiger partial charge in [0, 0.05) is 31.8 Å². The Bertz CT molecular complexity index is 2400. The van der Waals surface area contributed by atoms with Crippen molar-refractivity contribution in [3.8, 4) is 17.2 Å². The molecule has 4 heterocycles. The van der Waals surface area contributed by atoms with Crippen LogP contribution in [0.2, 0.25) is 0 Å². The van der Waals surface area contributed by atoms with Crippen LogP contribution in [0.15, 0.2) is 120 Å². The molecule has 9 rings (SSSR count). The Morgan fingerprint density at radius 3 is 2.21 bits per heavy atom. The van der Waals surface area contributed by atoms with Gasteiger partial charge in [-0.1, -0.05) is 84.9 Å². The summed E-state index contributed by atoms with van der Waals surface area (Å²) in [5, 5.41) is 6.81. The quantitative estimate of drug-likeness (QED) is 0.229. The SMILES string of the molecule is c1ccc(-c2nc(-n3c4ccccc4c4ccc5oc6ccccc6c5c43)c3c(n2)sc2ccccc23)cc1. The fraction of sp³-hybridized carbons (Fsp3) is 0. The average molecular weight is 518 g/mol. The van der Waals surface area contributed by atoms with Crippen molar-refractivity contribution in [3.63, 3.8) is 0 Å². The fourth-order valence-electron chi connectivity index (χ4n) is 5.97. The van der Waals surface area contributed by atoms with Crippen LogP contribution in [0, 0.1) is 0 Å². The zero-order valence-corrected chi connectivity index (χ0v) is 21.4. The van der Waals surface area contributed by atoms with Crippen LogP contribution in [-0.2, 0) is 0 Å². The summed E-state index contributed by atoms with van der Waals surface area (Å²) in [6.07, 6.45) is 0. The summed E-state index contributed by atoms with van der Waals surface area (Å²) >= 11 is 1.72. The smallest absolute Gasteiger partial charge is 0.163 e. The maximum Gasteiger partial charge on any atom is 0.163 e. The molecular weight excluding hydrogens is 498 g/mol. The lowest BCUT2D eigenvalue weighted by Gasteiger charge is -2.12. The van der Waals surface area contributed by atoms with E-state index in [1.807, 2.05) is 30.3 Å². The molecule has 9 aromatic rings. The molecule has 4 nitrogen and oxygen atoms in total. The average Bonchev–Trinajstić information content (AvgIpc) is 3.66. The van der Waals surface area contributed by atoms with E-state index in [1.54, 1.807) is 11.3 Å². The van der Waals surface area contributed by atoms with Gasteiger partial charge in [-0.15, -0.1) is 11.3 Å². The summed E-state index contributed by atoms with van der Waals surface area (Å²) in [5.74, 6) is 1.61. The highest BCUT2D eigenvalue weighted by atomic mass is 32.1. The highest BCUT2D eigenvalue weighted by Crippen LogP contribution is 2.43. The molecule has 0 spiro atoms. The topological polar surface area (TPSA) is 43.9 Å². The second-order valence-electron chi connectivity index (χ2n) is 9.80. The lowest BCUT2D eigenvalue weighted by atomic mass is 10.1. The number of hydrogen-bond acceptors (Lipinski definition) is 4. The maximum absolute atomic E-state index is 6.34. The first-order valence-electron chi connectivity index (χ1n) is 12.9. The molecule has 5 heteroatoms. The van der Waals surface area contributed by atoms with Gasteiger partial charge in [-0.3, -0.25) is 4.57 Å². The molecular formula is C34H19N3OS. The number of rotatable bonds is 2. The van der Waals surface area contributed by atoms with Crippen molar-refractivity contribution in [2.45, 2.75) is 0 Å². The minimum Gasteiger partial charge on any atom is -0.456 e. The summed E-state index contributed by atoms with van der Waals surface area (Å²) in [4.78, 5) is 11.4. The maximum atomic E-state index is 6.34. The first-order chi connectivity index (χ1) is 19.3. The van der Waals surface area contributed by atoms with E-state index < -0.39 is 0 Å². The molecule has 39 heavy (non-hydrogen) atoms. The molecule has 182 valence electrons. The number of fused-ring (bicyclic) bond motifs is 10. The largest absolute Gasteiger partial charge is 0.456 e.